The SMILES string of the molecule is CC1CN(c2ccc(NC(=O)NCC3CN(Cc4ccccc4)CCO3)cc2F)CC(C)O1. The van der Waals surface area contributed by atoms with Gasteiger partial charge in [0.15, 0.2) is 0 Å². The Bertz CT molecular complexity index is 919. The predicted molar refractivity (Wildman–Crippen MR) is 127 cm³/mol. The highest BCUT2D eigenvalue weighted by Gasteiger charge is 2.25. The normalized spacial score (nSPS) is 23.8. The summed E-state index contributed by atoms with van der Waals surface area (Å²) in [6, 6.07) is 14.7. The van der Waals surface area contributed by atoms with Gasteiger partial charge in [0.25, 0.3) is 0 Å². The van der Waals surface area contributed by atoms with E-state index in [0.29, 0.717) is 37.6 Å². The topological polar surface area (TPSA) is 66.1 Å². The maximum atomic E-state index is 14.8. The summed E-state index contributed by atoms with van der Waals surface area (Å²) in [6.45, 7) is 8.73. The highest BCUT2D eigenvalue weighted by atomic mass is 19.1. The molecule has 0 aromatic heterocycles. The molecule has 0 saturated carbocycles. The molecule has 7 nitrogen and oxygen atoms in total. The quantitative estimate of drug-likeness (QED) is 0.697. The average molecular weight is 457 g/mol. The molecular formula is C25H33FN4O3. The van der Waals surface area contributed by atoms with Gasteiger partial charge in [0.05, 0.1) is 30.6 Å². The smallest absolute Gasteiger partial charge is 0.319 e. The summed E-state index contributed by atoms with van der Waals surface area (Å²) < 4.78 is 26.3. The van der Waals surface area contributed by atoms with Crippen LogP contribution >= 0.6 is 0 Å². The molecule has 2 N–H and O–H groups in total. The number of rotatable bonds is 6. The molecule has 2 heterocycles. The van der Waals surface area contributed by atoms with Gasteiger partial charge in [-0.1, -0.05) is 30.3 Å². The van der Waals surface area contributed by atoms with E-state index < -0.39 is 0 Å². The number of nitrogens with zero attached hydrogens (tertiary/aromatic N) is 2. The van der Waals surface area contributed by atoms with Crippen molar-refractivity contribution in [3.63, 3.8) is 0 Å². The fraction of sp³-hybridized carbons (Fsp3) is 0.480. The Morgan fingerprint density at radius 1 is 1.09 bits per heavy atom. The molecule has 2 saturated heterocycles. The maximum Gasteiger partial charge on any atom is 0.319 e. The van der Waals surface area contributed by atoms with Crippen molar-refractivity contribution in [1.82, 2.24) is 10.2 Å². The van der Waals surface area contributed by atoms with Crippen LogP contribution in [-0.4, -0.2) is 68.6 Å². The molecule has 178 valence electrons. The zero-order valence-corrected chi connectivity index (χ0v) is 19.3. The number of carbonyl (C=O) groups excluding carboxylic acids is 1. The van der Waals surface area contributed by atoms with E-state index >= 15 is 0 Å². The molecule has 2 aromatic rings. The third-order valence-electron chi connectivity index (χ3n) is 5.93. The number of hydrogen-bond acceptors (Lipinski definition) is 5. The Balaban J connectivity index is 1.25. The second kappa shape index (κ2) is 11.0. The van der Waals surface area contributed by atoms with Crippen LogP contribution in [0.3, 0.4) is 0 Å². The van der Waals surface area contributed by atoms with E-state index in [0.717, 1.165) is 19.6 Å². The van der Waals surface area contributed by atoms with Gasteiger partial charge in [0, 0.05) is 45.0 Å². The Kier molecular flexibility index (Phi) is 7.80. The number of amides is 2. The minimum Gasteiger partial charge on any atom is -0.374 e. The van der Waals surface area contributed by atoms with E-state index in [4.69, 9.17) is 9.47 Å². The summed E-state index contributed by atoms with van der Waals surface area (Å²) >= 11 is 0. The number of hydrogen-bond donors (Lipinski definition) is 2. The molecular weight excluding hydrogens is 423 g/mol. The molecule has 3 unspecified atom stereocenters. The van der Waals surface area contributed by atoms with Gasteiger partial charge in [-0.3, -0.25) is 4.90 Å². The van der Waals surface area contributed by atoms with Gasteiger partial charge in [-0.15, -0.1) is 0 Å². The molecule has 2 aliphatic heterocycles. The summed E-state index contributed by atoms with van der Waals surface area (Å²) in [5, 5.41) is 5.56. The third-order valence-corrected chi connectivity index (χ3v) is 5.93. The van der Waals surface area contributed by atoms with Crippen LogP contribution in [0.25, 0.3) is 0 Å². The van der Waals surface area contributed by atoms with Crippen molar-refractivity contribution in [1.29, 1.82) is 0 Å². The molecule has 0 spiro atoms. The van der Waals surface area contributed by atoms with Crippen molar-refractivity contribution in [3.8, 4) is 0 Å². The average Bonchev–Trinajstić information content (AvgIpc) is 2.78. The van der Waals surface area contributed by atoms with Gasteiger partial charge in [-0.25, -0.2) is 9.18 Å². The molecule has 0 radical (unpaired) electrons. The first kappa shape index (κ1) is 23.5. The highest BCUT2D eigenvalue weighted by molar-refractivity contribution is 5.89. The minimum absolute atomic E-state index is 0.0438. The van der Waals surface area contributed by atoms with Crippen molar-refractivity contribution in [2.24, 2.45) is 0 Å². The van der Waals surface area contributed by atoms with Crippen LogP contribution in [0, 0.1) is 5.82 Å². The van der Waals surface area contributed by atoms with Gasteiger partial charge >= 0.3 is 6.03 Å². The van der Waals surface area contributed by atoms with Crippen LogP contribution in [0.15, 0.2) is 48.5 Å². The monoisotopic (exact) mass is 456 g/mol. The standard InChI is InChI=1S/C25H33FN4O3/c1-18-14-30(15-19(2)33-18)24-9-8-21(12-23(24)26)28-25(31)27-13-22-17-29(10-11-32-22)16-20-6-4-3-5-7-20/h3-9,12,18-19,22H,10-11,13-17H2,1-2H3,(H2,27,28,31). The van der Waals surface area contributed by atoms with Gasteiger partial charge in [-0.2, -0.15) is 0 Å². The van der Waals surface area contributed by atoms with Crippen LogP contribution in [-0.2, 0) is 16.0 Å². The summed E-state index contributed by atoms with van der Waals surface area (Å²) in [6.07, 6.45) is 0.00216. The molecule has 33 heavy (non-hydrogen) atoms. The fourth-order valence-electron chi connectivity index (χ4n) is 4.49. The first-order valence-electron chi connectivity index (χ1n) is 11.6. The second-order valence-electron chi connectivity index (χ2n) is 8.88. The molecule has 2 fully saturated rings. The Morgan fingerprint density at radius 2 is 1.85 bits per heavy atom. The summed E-state index contributed by atoms with van der Waals surface area (Å²) in [5.74, 6) is -0.360. The van der Waals surface area contributed by atoms with Crippen LogP contribution in [0.4, 0.5) is 20.6 Å². The maximum absolute atomic E-state index is 14.8. The lowest BCUT2D eigenvalue weighted by atomic mass is 10.2. The van der Waals surface area contributed by atoms with E-state index in [1.54, 1.807) is 12.1 Å². The summed E-state index contributed by atoms with van der Waals surface area (Å²) in [7, 11) is 0. The predicted octanol–water partition coefficient (Wildman–Crippen LogP) is 3.46. The van der Waals surface area contributed by atoms with Gasteiger partial charge in [0.1, 0.15) is 5.82 Å². The van der Waals surface area contributed by atoms with Crippen LogP contribution in [0.2, 0.25) is 0 Å². The third kappa shape index (κ3) is 6.66. The summed E-state index contributed by atoms with van der Waals surface area (Å²) in [5.41, 5.74) is 2.20. The van der Waals surface area contributed by atoms with Crippen molar-refractivity contribution in [2.75, 3.05) is 49.5 Å². The van der Waals surface area contributed by atoms with E-state index in [1.807, 2.05) is 36.9 Å². The molecule has 4 rings (SSSR count). The van der Waals surface area contributed by atoms with Crippen LogP contribution < -0.4 is 15.5 Å². The number of halogens is 1. The number of morpholine rings is 2. The molecule has 2 aromatic carbocycles. The molecule has 2 amide bonds. The Morgan fingerprint density at radius 3 is 2.58 bits per heavy atom. The zero-order valence-electron chi connectivity index (χ0n) is 19.3. The largest absolute Gasteiger partial charge is 0.374 e. The molecule has 0 aliphatic carbocycles. The number of nitrogens with one attached hydrogen (secondary N) is 2. The van der Waals surface area contributed by atoms with Crippen LogP contribution in [0.5, 0.6) is 0 Å². The number of anilines is 2. The van der Waals surface area contributed by atoms with Crippen molar-refractivity contribution in [2.45, 2.75) is 38.7 Å². The van der Waals surface area contributed by atoms with E-state index in [2.05, 4.69) is 27.7 Å². The second-order valence-corrected chi connectivity index (χ2v) is 8.88. The minimum atomic E-state index is -0.375. The number of carbonyl (C=O) groups is 1. The first-order valence-corrected chi connectivity index (χ1v) is 11.6. The molecule has 8 heteroatoms. The number of benzene rings is 2. The van der Waals surface area contributed by atoms with E-state index in [1.165, 1.54) is 11.6 Å². The highest BCUT2D eigenvalue weighted by Crippen LogP contribution is 2.26. The van der Waals surface area contributed by atoms with E-state index in [-0.39, 0.29) is 30.2 Å². The lowest BCUT2D eigenvalue weighted by Gasteiger charge is -2.37. The van der Waals surface area contributed by atoms with Crippen molar-refractivity contribution < 1.29 is 18.7 Å². The Hall–Kier alpha value is -2.68. The van der Waals surface area contributed by atoms with Gasteiger partial charge in [0.2, 0.25) is 0 Å². The van der Waals surface area contributed by atoms with Gasteiger partial charge in [-0.05, 0) is 37.6 Å². The van der Waals surface area contributed by atoms with E-state index in [9.17, 15) is 9.18 Å². The fourth-order valence-corrected chi connectivity index (χ4v) is 4.49. The molecule has 2 aliphatic rings. The molecule has 0 bridgehead atoms. The number of ether oxygens (including phenoxy) is 2. The van der Waals surface area contributed by atoms with Gasteiger partial charge < -0.3 is 25.0 Å². The molecule has 3 atom stereocenters. The lowest BCUT2D eigenvalue weighted by Crippen LogP contribution is -2.47. The summed E-state index contributed by atoms with van der Waals surface area (Å²) in [4.78, 5) is 16.7. The Labute approximate surface area is 194 Å². The number of urea groups is 1. The zero-order chi connectivity index (χ0) is 23.2. The van der Waals surface area contributed by atoms with Crippen LogP contribution in [0.1, 0.15) is 19.4 Å². The van der Waals surface area contributed by atoms with Crippen molar-refractivity contribution >= 4 is 17.4 Å². The van der Waals surface area contributed by atoms with Crippen molar-refractivity contribution in [3.05, 3.63) is 59.9 Å². The lowest BCUT2D eigenvalue weighted by molar-refractivity contribution is -0.0285. The first-order chi connectivity index (χ1) is 16.0.